The van der Waals surface area contributed by atoms with E-state index in [0.717, 1.165) is 0 Å². The fourth-order valence-corrected chi connectivity index (χ4v) is 1.43. The van der Waals surface area contributed by atoms with Crippen LogP contribution in [0.25, 0.3) is 0 Å². The van der Waals surface area contributed by atoms with Gasteiger partial charge in [0.05, 0.1) is 13.5 Å². The lowest BCUT2D eigenvalue weighted by Crippen LogP contribution is -2.44. The summed E-state index contributed by atoms with van der Waals surface area (Å²) in [6, 6.07) is 4.94. The van der Waals surface area contributed by atoms with Crippen molar-refractivity contribution in [1.82, 2.24) is 5.32 Å². The molecule has 8 nitrogen and oxygen atoms in total. The lowest BCUT2D eigenvalue weighted by Gasteiger charge is -2.13. The molecule has 1 aromatic rings. The van der Waals surface area contributed by atoms with Crippen molar-refractivity contribution in [2.45, 2.75) is 12.5 Å². The van der Waals surface area contributed by atoms with Crippen molar-refractivity contribution in [2.75, 3.05) is 13.7 Å². The minimum atomic E-state index is -1.49. The lowest BCUT2D eigenvalue weighted by atomic mass is 10.2. The summed E-state index contributed by atoms with van der Waals surface area (Å²) in [7, 11) is 1.51. The van der Waals surface area contributed by atoms with Gasteiger partial charge in [0, 0.05) is 0 Å². The van der Waals surface area contributed by atoms with Crippen LogP contribution in [0.3, 0.4) is 0 Å². The van der Waals surface area contributed by atoms with Gasteiger partial charge in [-0.1, -0.05) is 0 Å². The number of hydrogen-bond acceptors (Lipinski definition) is 5. The summed E-state index contributed by atoms with van der Waals surface area (Å²) in [6.45, 7) is -0.421. The Morgan fingerprint density at radius 2 is 1.71 bits per heavy atom. The number of ether oxygens (including phenoxy) is 2. The molecule has 0 bridgehead atoms. The second kappa shape index (κ2) is 7.73. The minimum Gasteiger partial charge on any atom is -0.497 e. The van der Waals surface area contributed by atoms with E-state index in [0.29, 0.717) is 11.5 Å². The third kappa shape index (κ3) is 5.81. The monoisotopic (exact) mass is 297 g/mol. The quantitative estimate of drug-likeness (QED) is 0.622. The predicted octanol–water partition coefficient (Wildman–Crippen LogP) is 0.118. The molecule has 0 aliphatic carbocycles. The van der Waals surface area contributed by atoms with E-state index in [9.17, 15) is 14.4 Å². The van der Waals surface area contributed by atoms with E-state index < -0.39 is 36.9 Å². The Hall–Kier alpha value is -2.77. The maximum absolute atomic E-state index is 11.5. The first kappa shape index (κ1) is 16.3. The van der Waals surface area contributed by atoms with Crippen LogP contribution in [0.5, 0.6) is 11.5 Å². The number of carboxylic acids is 2. The van der Waals surface area contributed by atoms with Crippen LogP contribution in [-0.4, -0.2) is 47.8 Å². The minimum absolute atomic E-state index is 0.399. The second-order valence-corrected chi connectivity index (χ2v) is 4.02. The Kier molecular flexibility index (Phi) is 5.99. The smallest absolute Gasteiger partial charge is 0.326 e. The van der Waals surface area contributed by atoms with Crippen molar-refractivity contribution in [3.8, 4) is 11.5 Å². The molecule has 0 saturated carbocycles. The topological polar surface area (TPSA) is 122 Å². The molecule has 21 heavy (non-hydrogen) atoms. The summed E-state index contributed by atoms with van der Waals surface area (Å²) in [5.74, 6) is -2.44. The fourth-order valence-electron chi connectivity index (χ4n) is 1.43. The first-order chi connectivity index (χ1) is 9.92. The van der Waals surface area contributed by atoms with Gasteiger partial charge >= 0.3 is 11.9 Å². The van der Waals surface area contributed by atoms with Gasteiger partial charge in [-0.3, -0.25) is 9.59 Å². The van der Waals surface area contributed by atoms with Gasteiger partial charge in [0.25, 0.3) is 5.91 Å². The summed E-state index contributed by atoms with van der Waals surface area (Å²) < 4.78 is 10.1. The average Bonchev–Trinajstić information content (AvgIpc) is 2.44. The van der Waals surface area contributed by atoms with E-state index >= 15 is 0 Å². The Morgan fingerprint density at radius 1 is 1.14 bits per heavy atom. The number of carbonyl (C=O) groups excluding carboxylic acids is 1. The van der Waals surface area contributed by atoms with Crippen LogP contribution in [0, 0.1) is 0 Å². The standard InChI is InChI=1S/C13H15NO7/c1-20-8-2-4-9(5-3-8)21-7-11(15)14-10(13(18)19)6-12(16)17/h2-5,10H,6-7H2,1H3,(H,14,15)(H,16,17)(H,18,19)/t10-/m1/s1. The highest BCUT2D eigenvalue weighted by Gasteiger charge is 2.23. The molecule has 0 unspecified atom stereocenters. The van der Waals surface area contributed by atoms with E-state index in [-0.39, 0.29) is 0 Å². The molecule has 8 heteroatoms. The first-order valence-electron chi connectivity index (χ1n) is 5.93. The molecule has 0 spiro atoms. The van der Waals surface area contributed by atoms with Gasteiger partial charge < -0.3 is 25.0 Å². The molecule has 3 N–H and O–H groups in total. The summed E-state index contributed by atoms with van der Waals surface area (Å²) in [6.07, 6.45) is -0.705. The van der Waals surface area contributed by atoms with E-state index in [2.05, 4.69) is 5.32 Å². The number of carboxylic acid groups (broad SMARTS) is 2. The van der Waals surface area contributed by atoms with Crippen molar-refractivity contribution in [3.05, 3.63) is 24.3 Å². The number of rotatable bonds is 8. The molecular weight excluding hydrogens is 282 g/mol. The summed E-state index contributed by atoms with van der Waals surface area (Å²) in [5.41, 5.74) is 0. The largest absolute Gasteiger partial charge is 0.497 e. The van der Waals surface area contributed by atoms with Crippen molar-refractivity contribution in [1.29, 1.82) is 0 Å². The van der Waals surface area contributed by atoms with Crippen LogP contribution in [-0.2, 0) is 14.4 Å². The first-order valence-corrected chi connectivity index (χ1v) is 5.93. The molecular formula is C13H15NO7. The number of aliphatic carboxylic acids is 2. The normalized spacial score (nSPS) is 11.3. The molecule has 0 aliphatic heterocycles. The molecule has 0 aromatic heterocycles. The van der Waals surface area contributed by atoms with E-state index in [4.69, 9.17) is 19.7 Å². The van der Waals surface area contributed by atoms with Gasteiger partial charge in [-0.25, -0.2) is 4.79 Å². The van der Waals surface area contributed by atoms with Gasteiger partial charge in [0.1, 0.15) is 17.5 Å². The van der Waals surface area contributed by atoms with Crippen LogP contribution >= 0.6 is 0 Å². The second-order valence-electron chi connectivity index (χ2n) is 4.02. The molecule has 0 fully saturated rings. The Labute approximate surface area is 120 Å². The number of hydrogen-bond donors (Lipinski definition) is 3. The highest BCUT2D eigenvalue weighted by Crippen LogP contribution is 2.16. The maximum atomic E-state index is 11.5. The molecule has 0 radical (unpaired) electrons. The van der Waals surface area contributed by atoms with E-state index in [1.54, 1.807) is 24.3 Å². The zero-order valence-corrected chi connectivity index (χ0v) is 11.2. The van der Waals surface area contributed by atoms with Crippen LogP contribution < -0.4 is 14.8 Å². The summed E-state index contributed by atoms with van der Waals surface area (Å²) in [5, 5.41) is 19.4. The molecule has 0 heterocycles. The number of methoxy groups -OCH3 is 1. The number of amides is 1. The predicted molar refractivity (Wildman–Crippen MR) is 70.3 cm³/mol. The van der Waals surface area contributed by atoms with Gasteiger partial charge in [-0.2, -0.15) is 0 Å². The number of nitrogens with one attached hydrogen (secondary N) is 1. The van der Waals surface area contributed by atoms with Crippen molar-refractivity contribution < 1.29 is 34.1 Å². The molecule has 1 rings (SSSR count). The van der Waals surface area contributed by atoms with Crippen molar-refractivity contribution in [2.24, 2.45) is 0 Å². The van der Waals surface area contributed by atoms with Crippen molar-refractivity contribution >= 4 is 17.8 Å². The Morgan fingerprint density at radius 3 is 2.19 bits per heavy atom. The lowest BCUT2D eigenvalue weighted by molar-refractivity contribution is -0.147. The molecule has 1 aromatic carbocycles. The fraction of sp³-hybridized carbons (Fsp3) is 0.308. The van der Waals surface area contributed by atoms with Gasteiger partial charge in [0.2, 0.25) is 0 Å². The Bertz CT molecular complexity index is 512. The molecule has 0 saturated heterocycles. The summed E-state index contributed by atoms with van der Waals surface area (Å²) in [4.78, 5) is 32.8. The third-order valence-corrected chi connectivity index (χ3v) is 2.44. The van der Waals surface area contributed by atoms with Gasteiger partial charge in [-0.15, -0.1) is 0 Å². The zero-order chi connectivity index (χ0) is 15.8. The van der Waals surface area contributed by atoms with Crippen LogP contribution in [0.4, 0.5) is 0 Å². The maximum Gasteiger partial charge on any atom is 0.326 e. The summed E-state index contributed by atoms with van der Waals surface area (Å²) >= 11 is 0. The van der Waals surface area contributed by atoms with Crippen LogP contribution in [0.2, 0.25) is 0 Å². The molecule has 114 valence electrons. The van der Waals surface area contributed by atoms with Crippen LogP contribution in [0.15, 0.2) is 24.3 Å². The number of carbonyl (C=O) groups is 3. The van der Waals surface area contributed by atoms with E-state index in [1.807, 2.05) is 0 Å². The zero-order valence-electron chi connectivity index (χ0n) is 11.2. The molecule has 0 aliphatic rings. The SMILES string of the molecule is COc1ccc(OCC(=O)N[C@H](CC(=O)O)C(=O)O)cc1. The molecule has 1 atom stereocenters. The molecule has 1 amide bonds. The van der Waals surface area contributed by atoms with Crippen LogP contribution in [0.1, 0.15) is 6.42 Å². The van der Waals surface area contributed by atoms with Gasteiger partial charge in [-0.05, 0) is 24.3 Å². The average molecular weight is 297 g/mol. The van der Waals surface area contributed by atoms with Crippen molar-refractivity contribution in [3.63, 3.8) is 0 Å². The highest BCUT2D eigenvalue weighted by molar-refractivity contribution is 5.87. The Balaban J connectivity index is 2.48. The van der Waals surface area contributed by atoms with E-state index in [1.165, 1.54) is 7.11 Å². The third-order valence-electron chi connectivity index (χ3n) is 2.44. The van der Waals surface area contributed by atoms with Gasteiger partial charge in [0.15, 0.2) is 6.61 Å². The number of benzene rings is 1. The highest BCUT2D eigenvalue weighted by atomic mass is 16.5.